The molecule has 0 saturated heterocycles. The highest BCUT2D eigenvalue weighted by molar-refractivity contribution is 7.17. The highest BCUT2D eigenvalue weighted by Crippen LogP contribution is 2.27. The van der Waals surface area contributed by atoms with Crippen molar-refractivity contribution in [3.63, 3.8) is 0 Å². The van der Waals surface area contributed by atoms with E-state index in [4.69, 9.17) is 10.5 Å². The molecule has 7 nitrogen and oxygen atoms in total. The molecule has 232 valence electrons. The summed E-state index contributed by atoms with van der Waals surface area (Å²) >= 11 is 3.32. The van der Waals surface area contributed by atoms with Crippen molar-refractivity contribution in [1.29, 1.82) is 0 Å². The van der Waals surface area contributed by atoms with Crippen molar-refractivity contribution in [2.45, 2.75) is 83.2 Å². The highest BCUT2D eigenvalue weighted by atomic mass is 32.1. The lowest BCUT2D eigenvalue weighted by molar-refractivity contribution is -0.145. The van der Waals surface area contributed by atoms with Crippen LogP contribution < -0.4 is 11.1 Å². The fourth-order valence-corrected chi connectivity index (χ4v) is 6.87. The van der Waals surface area contributed by atoms with Crippen LogP contribution in [0.5, 0.6) is 0 Å². The Morgan fingerprint density at radius 1 is 0.744 bits per heavy atom. The van der Waals surface area contributed by atoms with Gasteiger partial charge in [0.2, 0.25) is 5.91 Å². The van der Waals surface area contributed by atoms with Gasteiger partial charge in [0.1, 0.15) is 12.1 Å². The van der Waals surface area contributed by atoms with E-state index in [0.717, 1.165) is 29.4 Å². The summed E-state index contributed by atoms with van der Waals surface area (Å²) in [5.74, 6) is -0.827. The third kappa shape index (κ3) is 10.7. The van der Waals surface area contributed by atoms with E-state index in [2.05, 4.69) is 40.6 Å². The molecule has 0 spiro atoms. The molecule has 9 heteroatoms. The van der Waals surface area contributed by atoms with Crippen molar-refractivity contribution < 1.29 is 23.9 Å². The molecule has 4 aromatic rings. The van der Waals surface area contributed by atoms with Crippen molar-refractivity contribution in [2.75, 3.05) is 14.2 Å². The van der Waals surface area contributed by atoms with Crippen LogP contribution in [0.2, 0.25) is 0 Å². The minimum Gasteiger partial charge on any atom is -0.468 e. The van der Waals surface area contributed by atoms with Crippen molar-refractivity contribution >= 4 is 60.7 Å². The monoisotopic (exact) mass is 624 g/mol. The summed E-state index contributed by atoms with van der Waals surface area (Å²) in [7, 11) is 2.72. The van der Waals surface area contributed by atoms with Gasteiger partial charge in [-0.05, 0) is 57.6 Å². The van der Waals surface area contributed by atoms with Crippen LogP contribution >= 0.6 is 22.7 Å². The number of thiophene rings is 2. The molecule has 2 heterocycles. The van der Waals surface area contributed by atoms with Gasteiger partial charge in [0, 0.05) is 22.2 Å². The zero-order chi connectivity index (χ0) is 31.0. The number of rotatable bonds is 15. The number of methoxy groups -OCH3 is 2. The Morgan fingerprint density at radius 2 is 1.26 bits per heavy atom. The normalized spacial score (nSPS) is 12.3. The molecular weight excluding hydrogens is 581 g/mol. The first kappa shape index (κ1) is 34.2. The molecule has 1 amide bonds. The number of ether oxygens (including phenoxy) is 2. The van der Waals surface area contributed by atoms with E-state index in [1.807, 2.05) is 35.7 Å². The quantitative estimate of drug-likeness (QED) is 0.107. The lowest BCUT2D eigenvalue weighted by atomic mass is 10.0. The second-order valence-corrected chi connectivity index (χ2v) is 12.4. The van der Waals surface area contributed by atoms with Crippen LogP contribution in [0.25, 0.3) is 20.2 Å². The van der Waals surface area contributed by atoms with Crippen LogP contribution in [-0.2, 0) is 36.7 Å². The average Bonchev–Trinajstić information content (AvgIpc) is 3.63. The van der Waals surface area contributed by atoms with E-state index in [0.29, 0.717) is 19.3 Å². The molecule has 3 N–H and O–H groups in total. The lowest BCUT2D eigenvalue weighted by Gasteiger charge is -2.16. The summed E-state index contributed by atoms with van der Waals surface area (Å²) in [4.78, 5) is 35.7. The molecule has 0 aliphatic heterocycles. The van der Waals surface area contributed by atoms with E-state index >= 15 is 0 Å². The molecule has 0 aliphatic rings. The smallest absolute Gasteiger partial charge is 0.328 e. The molecule has 0 bridgehead atoms. The molecule has 2 aromatic carbocycles. The number of carbonyl (C=O) groups is 3. The van der Waals surface area contributed by atoms with Gasteiger partial charge in [0.05, 0.1) is 14.2 Å². The van der Waals surface area contributed by atoms with Crippen molar-refractivity contribution in [3.8, 4) is 0 Å². The zero-order valence-electron chi connectivity index (χ0n) is 25.4. The van der Waals surface area contributed by atoms with Crippen LogP contribution in [0, 0.1) is 0 Å². The minimum atomic E-state index is -0.634. The molecule has 43 heavy (non-hydrogen) atoms. The van der Waals surface area contributed by atoms with Gasteiger partial charge < -0.3 is 20.5 Å². The first-order chi connectivity index (χ1) is 20.9. The first-order valence-electron chi connectivity index (χ1n) is 15.0. The second-order valence-electron chi connectivity index (χ2n) is 10.6. The Bertz CT molecular complexity index is 1450. The molecule has 2 atom stereocenters. The van der Waals surface area contributed by atoms with E-state index < -0.39 is 18.1 Å². The lowest BCUT2D eigenvalue weighted by Crippen LogP contribution is -2.42. The number of hydrogen-bond donors (Lipinski definition) is 2. The molecule has 0 aliphatic carbocycles. The number of esters is 2. The fourth-order valence-electron chi connectivity index (χ4n) is 4.92. The predicted octanol–water partition coefficient (Wildman–Crippen LogP) is 7.19. The molecule has 2 unspecified atom stereocenters. The molecule has 4 rings (SSSR count). The van der Waals surface area contributed by atoms with Crippen molar-refractivity contribution in [1.82, 2.24) is 5.32 Å². The topological polar surface area (TPSA) is 108 Å². The molecule has 2 aromatic heterocycles. The number of carbonyl (C=O) groups excluding carboxylic acids is 3. The second kappa shape index (κ2) is 18.4. The maximum atomic E-state index is 12.3. The van der Waals surface area contributed by atoms with Crippen LogP contribution in [0.3, 0.4) is 0 Å². The standard InChI is InChI=1S/C22H31NO3S.C12H13NO2S/c1-3-4-5-6-7-8-9-14-21(24)23-19(22(25)26-2)15-17-16-27-20-13-11-10-12-18(17)20;1-15-12(14)10(13)6-8-7-16-11-5-3-2-4-9(8)11/h10-13,16,19H,3-9,14-15H2,1-2H3,(H,23,24);2-5,7,10H,6,13H2,1H3. The highest BCUT2D eigenvalue weighted by Gasteiger charge is 2.23. The Kier molecular flexibility index (Phi) is 14.6. The predicted molar refractivity (Wildman–Crippen MR) is 178 cm³/mol. The summed E-state index contributed by atoms with van der Waals surface area (Å²) in [5.41, 5.74) is 7.92. The Hall–Kier alpha value is -3.27. The summed E-state index contributed by atoms with van der Waals surface area (Å²) in [6.45, 7) is 2.21. The number of benzene rings is 2. The Morgan fingerprint density at radius 3 is 1.81 bits per heavy atom. The number of amides is 1. The van der Waals surface area contributed by atoms with Gasteiger partial charge in [-0.3, -0.25) is 9.59 Å². The van der Waals surface area contributed by atoms with E-state index in [1.165, 1.54) is 61.1 Å². The van der Waals surface area contributed by atoms with Crippen molar-refractivity contribution in [2.24, 2.45) is 5.73 Å². The van der Waals surface area contributed by atoms with Crippen molar-refractivity contribution in [3.05, 3.63) is 70.4 Å². The van der Waals surface area contributed by atoms with Gasteiger partial charge in [0.25, 0.3) is 0 Å². The largest absolute Gasteiger partial charge is 0.468 e. The average molecular weight is 625 g/mol. The molecular formula is C34H44N2O5S2. The minimum absolute atomic E-state index is 0.0708. The summed E-state index contributed by atoms with van der Waals surface area (Å²) in [6, 6.07) is 15.0. The SMILES string of the molecule is CCCCCCCCCC(=O)NC(Cc1csc2ccccc12)C(=O)OC.COC(=O)C(N)Cc1csc2ccccc12. The van der Waals surface area contributed by atoms with E-state index in [-0.39, 0.29) is 11.9 Å². The molecule has 0 saturated carbocycles. The number of nitrogens with one attached hydrogen (secondary N) is 1. The maximum absolute atomic E-state index is 12.3. The number of fused-ring (bicyclic) bond motifs is 2. The zero-order valence-corrected chi connectivity index (χ0v) is 27.1. The van der Waals surface area contributed by atoms with Gasteiger partial charge in [-0.15, -0.1) is 22.7 Å². The fraction of sp³-hybridized carbons (Fsp3) is 0.441. The number of nitrogens with two attached hydrogens (primary N) is 1. The van der Waals surface area contributed by atoms with Crippen LogP contribution in [0.15, 0.2) is 59.3 Å². The first-order valence-corrected chi connectivity index (χ1v) is 16.7. The summed E-state index contributed by atoms with van der Waals surface area (Å²) < 4.78 is 11.9. The van der Waals surface area contributed by atoms with Gasteiger partial charge >= 0.3 is 11.9 Å². The van der Waals surface area contributed by atoms with Crippen LogP contribution in [0.1, 0.15) is 69.4 Å². The number of hydrogen-bond acceptors (Lipinski definition) is 8. The molecule has 0 fully saturated rings. The van der Waals surface area contributed by atoms with Crippen LogP contribution in [0.4, 0.5) is 0 Å². The van der Waals surface area contributed by atoms with E-state index in [1.54, 1.807) is 22.7 Å². The maximum Gasteiger partial charge on any atom is 0.328 e. The third-order valence-corrected chi connectivity index (χ3v) is 9.34. The van der Waals surface area contributed by atoms with Gasteiger partial charge in [-0.2, -0.15) is 0 Å². The van der Waals surface area contributed by atoms with Crippen LogP contribution in [-0.4, -0.2) is 44.1 Å². The Balaban J connectivity index is 0.000000268. The Labute approximate surface area is 262 Å². The third-order valence-electron chi connectivity index (χ3n) is 7.32. The molecule has 0 radical (unpaired) electrons. The summed E-state index contributed by atoms with van der Waals surface area (Å²) in [5, 5.41) is 9.29. The summed E-state index contributed by atoms with van der Waals surface area (Å²) in [6.07, 6.45) is 9.61. The van der Waals surface area contributed by atoms with Gasteiger partial charge in [-0.1, -0.05) is 81.8 Å². The van der Waals surface area contributed by atoms with Gasteiger partial charge in [-0.25, -0.2) is 4.79 Å². The van der Waals surface area contributed by atoms with E-state index in [9.17, 15) is 14.4 Å². The van der Waals surface area contributed by atoms with Gasteiger partial charge in [0.15, 0.2) is 0 Å². The number of unbranched alkanes of at least 4 members (excludes halogenated alkanes) is 6.